The molecule has 0 fully saturated rings. The van der Waals surface area contributed by atoms with Crippen molar-refractivity contribution in [2.24, 2.45) is 0 Å². The van der Waals surface area contributed by atoms with E-state index in [1.54, 1.807) is 22.7 Å². The fourth-order valence-electron chi connectivity index (χ4n) is 2.61. The molecule has 1 amide bonds. The number of thiazole rings is 1. The lowest BCUT2D eigenvalue weighted by Crippen LogP contribution is -2.29. The number of amides is 1. The molecule has 0 saturated heterocycles. The summed E-state index contributed by atoms with van der Waals surface area (Å²) < 4.78 is 0. The number of aromatic nitrogens is 1. The summed E-state index contributed by atoms with van der Waals surface area (Å²) >= 11 is 3.26. The van der Waals surface area contributed by atoms with Gasteiger partial charge in [-0.3, -0.25) is 4.79 Å². The first-order valence-corrected chi connectivity index (χ1v) is 9.84. The maximum absolute atomic E-state index is 12.4. The van der Waals surface area contributed by atoms with Crippen LogP contribution in [0.15, 0.2) is 53.2 Å². The van der Waals surface area contributed by atoms with Crippen LogP contribution in [0.4, 0.5) is 0 Å². The SMILES string of the molecule is CCCC(NC(=O)Cc1csc(-c2cccs2)n1)c1ccccc1. The molecule has 0 bridgehead atoms. The van der Waals surface area contributed by atoms with Gasteiger partial charge in [-0.05, 0) is 23.4 Å². The van der Waals surface area contributed by atoms with E-state index < -0.39 is 0 Å². The Morgan fingerprint density at radius 3 is 2.71 bits per heavy atom. The Balaban J connectivity index is 1.64. The first kappa shape index (κ1) is 16.9. The van der Waals surface area contributed by atoms with E-state index >= 15 is 0 Å². The maximum atomic E-state index is 12.4. The number of carbonyl (C=O) groups is 1. The van der Waals surface area contributed by atoms with E-state index in [-0.39, 0.29) is 11.9 Å². The molecule has 0 aliphatic carbocycles. The van der Waals surface area contributed by atoms with Crippen LogP contribution in [-0.4, -0.2) is 10.9 Å². The highest BCUT2D eigenvalue weighted by Gasteiger charge is 2.15. The molecule has 3 aromatic rings. The smallest absolute Gasteiger partial charge is 0.226 e. The van der Waals surface area contributed by atoms with Crippen molar-refractivity contribution in [3.63, 3.8) is 0 Å². The Bertz CT molecular complexity index is 766. The second-order valence-electron chi connectivity index (χ2n) is 5.62. The third kappa shape index (κ3) is 4.30. The summed E-state index contributed by atoms with van der Waals surface area (Å²) in [7, 11) is 0. The number of hydrogen-bond acceptors (Lipinski definition) is 4. The zero-order valence-corrected chi connectivity index (χ0v) is 15.2. The number of nitrogens with one attached hydrogen (secondary N) is 1. The van der Waals surface area contributed by atoms with Gasteiger partial charge in [0.2, 0.25) is 5.91 Å². The lowest BCUT2D eigenvalue weighted by molar-refractivity contribution is -0.121. The van der Waals surface area contributed by atoms with Crippen molar-refractivity contribution in [2.75, 3.05) is 0 Å². The zero-order chi connectivity index (χ0) is 16.8. The van der Waals surface area contributed by atoms with Crippen LogP contribution in [0.3, 0.4) is 0 Å². The molecule has 124 valence electrons. The predicted octanol–water partition coefficient (Wildman–Crippen LogP) is 5.07. The van der Waals surface area contributed by atoms with E-state index in [0.29, 0.717) is 6.42 Å². The number of hydrogen-bond donors (Lipinski definition) is 1. The van der Waals surface area contributed by atoms with E-state index in [1.165, 1.54) is 0 Å². The molecule has 1 unspecified atom stereocenters. The normalized spacial score (nSPS) is 12.0. The van der Waals surface area contributed by atoms with Crippen molar-refractivity contribution in [3.8, 4) is 9.88 Å². The van der Waals surface area contributed by atoms with Crippen LogP contribution in [0.5, 0.6) is 0 Å². The van der Waals surface area contributed by atoms with Crippen molar-refractivity contribution < 1.29 is 4.79 Å². The van der Waals surface area contributed by atoms with Crippen LogP contribution in [-0.2, 0) is 11.2 Å². The highest BCUT2D eigenvalue weighted by molar-refractivity contribution is 7.20. The number of benzene rings is 1. The van der Waals surface area contributed by atoms with Gasteiger partial charge in [0.05, 0.1) is 23.0 Å². The second kappa shape index (κ2) is 8.22. The molecular formula is C19H20N2OS2. The first-order chi connectivity index (χ1) is 11.8. The quantitative estimate of drug-likeness (QED) is 0.642. The van der Waals surface area contributed by atoms with Gasteiger partial charge in [0.25, 0.3) is 0 Å². The average molecular weight is 357 g/mol. The molecule has 0 spiro atoms. The van der Waals surface area contributed by atoms with Crippen molar-refractivity contribution in [1.82, 2.24) is 10.3 Å². The Morgan fingerprint density at radius 2 is 2.00 bits per heavy atom. The number of nitrogens with zero attached hydrogens (tertiary/aromatic N) is 1. The molecule has 24 heavy (non-hydrogen) atoms. The Labute approximate surface area is 150 Å². The van der Waals surface area contributed by atoms with E-state index in [4.69, 9.17) is 0 Å². The van der Waals surface area contributed by atoms with Gasteiger partial charge < -0.3 is 5.32 Å². The number of thiophene rings is 1. The van der Waals surface area contributed by atoms with Crippen LogP contribution >= 0.6 is 22.7 Å². The highest BCUT2D eigenvalue weighted by atomic mass is 32.1. The van der Waals surface area contributed by atoms with Gasteiger partial charge in [-0.2, -0.15) is 0 Å². The van der Waals surface area contributed by atoms with Crippen LogP contribution in [0.25, 0.3) is 9.88 Å². The molecule has 2 aromatic heterocycles. The topological polar surface area (TPSA) is 42.0 Å². The summed E-state index contributed by atoms with van der Waals surface area (Å²) in [6, 6.07) is 14.3. The van der Waals surface area contributed by atoms with Crippen LogP contribution in [0, 0.1) is 0 Å². The largest absolute Gasteiger partial charge is 0.349 e. The summed E-state index contributed by atoms with van der Waals surface area (Å²) in [5, 5.41) is 8.16. The molecule has 3 nitrogen and oxygen atoms in total. The van der Waals surface area contributed by atoms with Crippen molar-refractivity contribution in [2.45, 2.75) is 32.2 Å². The monoisotopic (exact) mass is 356 g/mol. The van der Waals surface area contributed by atoms with E-state index in [1.807, 2.05) is 35.0 Å². The minimum atomic E-state index is 0.0281. The fraction of sp³-hybridized carbons (Fsp3) is 0.263. The minimum absolute atomic E-state index is 0.0281. The van der Waals surface area contributed by atoms with E-state index in [0.717, 1.165) is 34.0 Å². The average Bonchev–Trinajstić information content (AvgIpc) is 3.26. The lowest BCUT2D eigenvalue weighted by atomic mass is 10.0. The zero-order valence-electron chi connectivity index (χ0n) is 13.6. The van der Waals surface area contributed by atoms with Crippen molar-refractivity contribution in [3.05, 3.63) is 64.5 Å². The van der Waals surface area contributed by atoms with Crippen LogP contribution in [0.2, 0.25) is 0 Å². The number of rotatable bonds is 7. The van der Waals surface area contributed by atoms with Gasteiger partial charge in [0.15, 0.2) is 0 Å². The molecule has 1 N–H and O–H groups in total. The predicted molar refractivity (Wildman–Crippen MR) is 101 cm³/mol. The molecule has 2 heterocycles. The second-order valence-corrected chi connectivity index (χ2v) is 7.42. The Morgan fingerprint density at radius 1 is 1.17 bits per heavy atom. The number of carbonyl (C=O) groups excluding carboxylic acids is 1. The molecular weight excluding hydrogens is 336 g/mol. The summed E-state index contributed by atoms with van der Waals surface area (Å²) in [6.07, 6.45) is 2.29. The molecule has 0 radical (unpaired) electrons. The molecule has 0 saturated carbocycles. The van der Waals surface area contributed by atoms with Crippen LogP contribution < -0.4 is 5.32 Å². The van der Waals surface area contributed by atoms with E-state index in [2.05, 4.69) is 35.4 Å². The van der Waals surface area contributed by atoms with E-state index in [9.17, 15) is 4.79 Å². The van der Waals surface area contributed by atoms with Gasteiger partial charge in [0, 0.05) is 5.38 Å². The third-order valence-electron chi connectivity index (χ3n) is 3.74. The van der Waals surface area contributed by atoms with Gasteiger partial charge in [-0.15, -0.1) is 22.7 Å². The van der Waals surface area contributed by atoms with Gasteiger partial charge >= 0.3 is 0 Å². The standard InChI is InChI=1S/C19H20N2OS2/c1-2-7-16(14-8-4-3-5-9-14)21-18(22)12-15-13-24-19(20-15)17-10-6-11-23-17/h3-6,8-11,13,16H,2,7,12H2,1H3,(H,21,22). The van der Waals surface area contributed by atoms with Crippen molar-refractivity contribution in [1.29, 1.82) is 0 Å². The van der Waals surface area contributed by atoms with Crippen LogP contribution in [0.1, 0.15) is 37.1 Å². The fourth-order valence-corrected chi connectivity index (χ4v) is 4.24. The van der Waals surface area contributed by atoms with Gasteiger partial charge in [0.1, 0.15) is 5.01 Å². The first-order valence-electron chi connectivity index (χ1n) is 8.09. The van der Waals surface area contributed by atoms with Gasteiger partial charge in [-0.25, -0.2) is 4.98 Å². The Kier molecular flexibility index (Phi) is 5.77. The molecule has 1 atom stereocenters. The molecule has 0 aliphatic heterocycles. The molecule has 3 rings (SSSR count). The highest BCUT2D eigenvalue weighted by Crippen LogP contribution is 2.28. The lowest BCUT2D eigenvalue weighted by Gasteiger charge is -2.18. The summed E-state index contributed by atoms with van der Waals surface area (Å²) in [5.41, 5.74) is 1.99. The third-order valence-corrected chi connectivity index (χ3v) is 5.67. The maximum Gasteiger partial charge on any atom is 0.226 e. The molecule has 0 aliphatic rings. The summed E-state index contributed by atoms with van der Waals surface area (Å²) in [4.78, 5) is 18.2. The van der Waals surface area contributed by atoms with Gasteiger partial charge in [-0.1, -0.05) is 49.7 Å². The molecule has 1 aromatic carbocycles. The van der Waals surface area contributed by atoms with Crippen molar-refractivity contribution >= 4 is 28.6 Å². The Hall–Kier alpha value is -1.98. The molecule has 5 heteroatoms. The summed E-state index contributed by atoms with van der Waals surface area (Å²) in [6.45, 7) is 2.13. The summed E-state index contributed by atoms with van der Waals surface area (Å²) in [5.74, 6) is 0.0281. The minimum Gasteiger partial charge on any atom is -0.349 e.